The second-order valence-electron chi connectivity index (χ2n) is 6.35. The van der Waals surface area contributed by atoms with E-state index >= 15 is 0 Å². The fourth-order valence-corrected chi connectivity index (χ4v) is 2.87. The van der Waals surface area contributed by atoms with Gasteiger partial charge in [0.2, 0.25) is 0 Å². The lowest BCUT2D eigenvalue weighted by Gasteiger charge is -2.23. The van der Waals surface area contributed by atoms with Crippen molar-refractivity contribution in [2.24, 2.45) is 0 Å². The van der Waals surface area contributed by atoms with Gasteiger partial charge in [0.25, 0.3) is 0 Å². The summed E-state index contributed by atoms with van der Waals surface area (Å²) in [5, 5.41) is 7.30. The van der Waals surface area contributed by atoms with Gasteiger partial charge in [-0.05, 0) is 48.5 Å². The number of aromatic nitrogens is 1. The molecule has 2 N–H and O–H groups in total. The molecule has 2 atom stereocenters. The lowest BCUT2D eigenvalue weighted by molar-refractivity contribution is 0.0507. The Balaban J connectivity index is 2.41. The number of thiazole rings is 1. The summed E-state index contributed by atoms with van der Waals surface area (Å²) >= 11 is 1.71. The predicted molar refractivity (Wildman–Crippen MR) is 86.8 cm³/mol. The first-order chi connectivity index (χ1) is 9.58. The average Bonchev–Trinajstić information content (AvgIpc) is 2.62. The van der Waals surface area contributed by atoms with Crippen molar-refractivity contribution in [2.45, 2.75) is 66.2 Å². The molecule has 0 saturated carbocycles. The highest BCUT2D eigenvalue weighted by Crippen LogP contribution is 2.22. The first-order valence-electron chi connectivity index (χ1n) is 7.25. The minimum Gasteiger partial charge on any atom is -0.444 e. The van der Waals surface area contributed by atoms with E-state index in [1.165, 1.54) is 4.88 Å². The lowest BCUT2D eigenvalue weighted by Crippen LogP contribution is -2.43. The molecule has 0 aliphatic heterocycles. The third-order valence-electron chi connectivity index (χ3n) is 2.84. The third kappa shape index (κ3) is 6.44. The van der Waals surface area contributed by atoms with Crippen LogP contribution in [0, 0.1) is 13.8 Å². The van der Waals surface area contributed by atoms with E-state index in [1.54, 1.807) is 11.3 Å². The monoisotopic (exact) mass is 313 g/mol. The SMILES string of the molecule is Cc1nc(C(C)NCC(C)NC(=O)OC(C)(C)C)c(C)s1. The van der Waals surface area contributed by atoms with Gasteiger partial charge in [0.1, 0.15) is 5.60 Å². The van der Waals surface area contributed by atoms with Crippen LogP contribution in [0.4, 0.5) is 4.79 Å². The van der Waals surface area contributed by atoms with Gasteiger partial charge in [-0.15, -0.1) is 11.3 Å². The van der Waals surface area contributed by atoms with E-state index in [1.807, 2.05) is 34.6 Å². The smallest absolute Gasteiger partial charge is 0.407 e. The maximum Gasteiger partial charge on any atom is 0.407 e. The zero-order valence-corrected chi connectivity index (χ0v) is 14.9. The molecule has 2 unspecified atom stereocenters. The van der Waals surface area contributed by atoms with Crippen molar-refractivity contribution in [1.82, 2.24) is 15.6 Å². The molecule has 0 aliphatic rings. The van der Waals surface area contributed by atoms with Gasteiger partial charge in [-0.25, -0.2) is 9.78 Å². The molecule has 5 nitrogen and oxygen atoms in total. The summed E-state index contributed by atoms with van der Waals surface area (Å²) in [5.41, 5.74) is 0.613. The van der Waals surface area contributed by atoms with Gasteiger partial charge in [-0.2, -0.15) is 0 Å². The third-order valence-corrected chi connectivity index (χ3v) is 3.74. The summed E-state index contributed by atoms with van der Waals surface area (Å²) in [5.74, 6) is 0. The van der Waals surface area contributed by atoms with Gasteiger partial charge >= 0.3 is 6.09 Å². The maximum absolute atomic E-state index is 11.7. The number of hydrogen-bond donors (Lipinski definition) is 2. The van der Waals surface area contributed by atoms with Gasteiger partial charge in [-0.3, -0.25) is 0 Å². The van der Waals surface area contributed by atoms with Gasteiger partial charge < -0.3 is 15.4 Å². The number of carbonyl (C=O) groups excluding carboxylic acids is 1. The van der Waals surface area contributed by atoms with Crippen molar-refractivity contribution in [1.29, 1.82) is 0 Å². The Kier molecular flexibility index (Phi) is 6.16. The van der Waals surface area contributed by atoms with Crippen LogP contribution in [0.1, 0.15) is 56.2 Å². The number of hydrogen-bond acceptors (Lipinski definition) is 5. The van der Waals surface area contributed by atoms with Crippen LogP contribution in [0.25, 0.3) is 0 Å². The van der Waals surface area contributed by atoms with Gasteiger partial charge in [0.05, 0.1) is 10.7 Å². The number of nitrogens with zero attached hydrogens (tertiary/aromatic N) is 1. The maximum atomic E-state index is 11.7. The fourth-order valence-electron chi connectivity index (χ4n) is 1.96. The van der Waals surface area contributed by atoms with Crippen molar-refractivity contribution in [3.05, 3.63) is 15.6 Å². The molecule has 0 aromatic carbocycles. The number of amides is 1. The summed E-state index contributed by atoms with van der Waals surface area (Å²) in [6.07, 6.45) is -0.384. The molecule has 1 heterocycles. The van der Waals surface area contributed by atoms with E-state index in [9.17, 15) is 4.79 Å². The van der Waals surface area contributed by atoms with Crippen LogP contribution < -0.4 is 10.6 Å². The molecule has 0 bridgehead atoms. The molecule has 0 radical (unpaired) electrons. The molecule has 1 rings (SSSR count). The summed E-state index contributed by atoms with van der Waals surface area (Å²) in [6.45, 7) is 14.3. The Morgan fingerprint density at radius 1 is 1.33 bits per heavy atom. The average molecular weight is 313 g/mol. The standard InChI is InChI=1S/C15H27N3O2S/c1-9(17-14(19)20-15(5,6)7)8-16-10(2)13-11(3)21-12(4)18-13/h9-10,16H,8H2,1-7H3,(H,17,19). The zero-order valence-electron chi connectivity index (χ0n) is 14.0. The highest BCUT2D eigenvalue weighted by molar-refractivity contribution is 7.11. The Hall–Kier alpha value is -1.14. The van der Waals surface area contributed by atoms with Crippen LogP contribution in [0.5, 0.6) is 0 Å². The molecule has 0 fully saturated rings. The largest absolute Gasteiger partial charge is 0.444 e. The molecule has 0 saturated heterocycles. The van der Waals surface area contributed by atoms with Crippen molar-refractivity contribution in [2.75, 3.05) is 6.54 Å². The van der Waals surface area contributed by atoms with E-state index in [-0.39, 0.29) is 18.2 Å². The first-order valence-corrected chi connectivity index (χ1v) is 8.07. The summed E-state index contributed by atoms with van der Waals surface area (Å²) in [4.78, 5) is 17.4. The topological polar surface area (TPSA) is 63.2 Å². The number of nitrogens with one attached hydrogen (secondary N) is 2. The number of carbonyl (C=O) groups is 1. The van der Waals surface area contributed by atoms with Crippen LogP contribution >= 0.6 is 11.3 Å². The molecule has 1 amide bonds. The Bertz CT molecular complexity index is 480. The summed E-state index contributed by atoms with van der Waals surface area (Å²) in [6, 6.07) is 0.153. The highest BCUT2D eigenvalue weighted by atomic mass is 32.1. The molecule has 0 spiro atoms. The van der Waals surface area contributed by atoms with Crippen molar-refractivity contribution >= 4 is 17.4 Å². The molecular weight excluding hydrogens is 286 g/mol. The van der Waals surface area contributed by atoms with E-state index in [0.717, 1.165) is 10.7 Å². The van der Waals surface area contributed by atoms with Crippen molar-refractivity contribution in [3.63, 3.8) is 0 Å². The number of ether oxygens (including phenoxy) is 1. The predicted octanol–water partition coefficient (Wildman–Crippen LogP) is 3.32. The first kappa shape index (κ1) is 17.9. The number of rotatable bonds is 5. The minimum atomic E-state index is -0.472. The number of alkyl carbamates (subject to hydrolysis) is 1. The van der Waals surface area contributed by atoms with E-state index in [4.69, 9.17) is 4.74 Å². The second kappa shape index (κ2) is 7.22. The van der Waals surface area contributed by atoms with Gasteiger partial charge in [0, 0.05) is 23.5 Å². The molecule has 120 valence electrons. The molecule has 1 aromatic heterocycles. The van der Waals surface area contributed by atoms with Gasteiger partial charge in [-0.1, -0.05) is 0 Å². The quantitative estimate of drug-likeness (QED) is 0.875. The van der Waals surface area contributed by atoms with Crippen LogP contribution in [-0.4, -0.2) is 29.3 Å². The van der Waals surface area contributed by atoms with Gasteiger partial charge in [0.15, 0.2) is 0 Å². The summed E-state index contributed by atoms with van der Waals surface area (Å²) in [7, 11) is 0. The zero-order chi connectivity index (χ0) is 16.2. The molecule has 0 aliphatic carbocycles. The Morgan fingerprint density at radius 2 is 1.95 bits per heavy atom. The Labute approximate surface area is 131 Å². The molecule has 21 heavy (non-hydrogen) atoms. The van der Waals surface area contributed by atoms with Crippen molar-refractivity contribution in [3.8, 4) is 0 Å². The number of aryl methyl sites for hydroxylation is 2. The van der Waals surface area contributed by atoms with E-state index in [0.29, 0.717) is 6.54 Å². The minimum absolute atomic E-state index is 0.0117. The highest BCUT2D eigenvalue weighted by Gasteiger charge is 2.18. The fraction of sp³-hybridized carbons (Fsp3) is 0.733. The van der Waals surface area contributed by atoms with Crippen molar-refractivity contribution < 1.29 is 9.53 Å². The molecule has 6 heteroatoms. The van der Waals surface area contributed by atoms with Crippen LogP contribution in [0.2, 0.25) is 0 Å². The van der Waals surface area contributed by atoms with Crippen LogP contribution in [-0.2, 0) is 4.74 Å². The van der Waals surface area contributed by atoms with Crippen LogP contribution in [0.3, 0.4) is 0 Å². The van der Waals surface area contributed by atoms with E-state index in [2.05, 4.69) is 29.5 Å². The lowest BCUT2D eigenvalue weighted by atomic mass is 10.2. The Morgan fingerprint density at radius 3 is 2.43 bits per heavy atom. The van der Waals surface area contributed by atoms with E-state index < -0.39 is 5.60 Å². The normalized spacial score (nSPS) is 14.6. The molecule has 1 aromatic rings. The second-order valence-corrected chi connectivity index (χ2v) is 7.76. The summed E-state index contributed by atoms with van der Waals surface area (Å²) < 4.78 is 5.23. The van der Waals surface area contributed by atoms with Crippen LogP contribution in [0.15, 0.2) is 0 Å². The molecular formula is C15H27N3O2S.